The molecular weight excluding hydrogens is 470 g/mol. The van der Waals surface area contributed by atoms with E-state index in [4.69, 9.17) is 21.1 Å². The predicted octanol–water partition coefficient (Wildman–Crippen LogP) is 4.99. The van der Waals surface area contributed by atoms with Gasteiger partial charge in [0, 0.05) is 30.1 Å². The van der Waals surface area contributed by atoms with Crippen molar-refractivity contribution in [3.63, 3.8) is 0 Å². The van der Waals surface area contributed by atoms with Gasteiger partial charge >= 0.3 is 5.97 Å². The summed E-state index contributed by atoms with van der Waals surface area (Å²) in [4.78, 5) is 37.3. The Morgan fingerprint density at radius 3 is 2.49 bits per heavy atom. The molecule has 8 nitrogen and oxygen atoms in total. The molecule has 0 saturated carbocycles. The normalized spacial score (nSPS) is 11.0. The molecular formula is C26H30ClN3O5. The summed E-state index contributed by atoms with van der Waals surface area (Å²) >= 11 is 6.29. The van der Waals surface area contributed by atoms with Gasteiger partial charge in [-0.15, -0.1) is 0 Å². The second-order valence-electron chi connectivity index (χ2n) is 8.21. The van der Waals surface area contributed by atoms with E-state index in [2.05, 4.69) is 10.6 Å². The largest absolute Gasteiger partial charge is 0.461 e. The highest BCUT2D eigenvalue weighted by Gasteiger charge is 2.18. The zero-order valence-corrected chi connectivity index (χ0v) is 21.1. The number of fused-ring (bicyclic) bond motifs is 1. The Morgan fingerprint density at radius 1 is 1.03 bits per heavy atom. The minimum atomic E-state index is -0.442. The summed E-state index contributed by atoms with van der Waals surface area (Å²) in [5.41, 5.74) is 2.75. The van der Waals surface area contributed by atoms with E-state index in [1.807, 2.05) is 26.8 Å². The molecule has 9 heteroatoms. The highest BCUT2D eigenvalue weighted by atomic mass is 35.5. The quantitative estimate of drug-likeness (QED) is 0.383. The Labute approximate surface area is 209 Å². The number of halogens is 1. The second kappa shape index (κ2) is 11.9. The number of amides is 2. The van der Waals surface area contributed by atoms with Crippen molar-refractivity contribution in [2.45, 2.75) is 41.0 Å². The molecule has 0 aliphatic carbocycles. The minimum Gasteiger partial charge on any atom is -0.461 e. The van der Waals surface area contributed by atoms with Gasteiger partial charge in [-0.1, -0.05) is 31.5 Å². The Hall–Kier alpha value is -3.36. The third kappa shape index (κ3) is 6.41. The van der Waals surface area contributed by atoms with Crippen molar-refractivity contribution in [2.75, 3.05) is 18.5 Å². The molecule has 0 bridgehead atoms. The number of hydrogen-bond acceptors (Lipinski definition) is 5. The van der Waals surface area contributed by atoms with Crippen molar-refractivity contribution in [2.24, 2.45) is 5.92 Å². The lowest BCUT2D eigenvalue weighted by Gasteiger charge is -2.12. The molecule has 0 atom stereocenters. The number of nitrogens with one attached hydrogen (secondary N) is 2. The topological polar surface area (TPSA) is 98.7 Å². The predicted molar refractivity (Wildman–Crippen MR) is 136 cm³/mol. The Kier molecular flexibility index (Phi) is 8.89. The summed E-state index contributed by atoms with van der Waals surface area (Å²) in [6.07, 6.45) is 0. The molecule has 2 aromatic carbocycles. The maximum absolute atomic E-state index is 13.0. The van der Waals surface area contributed by atoms with E-state index >= 15 is 0 Å². The SMILES string of the molecule is CCOCn1c(C(=O)OCC)cc2cc(NC(=O)c3cc(CNC(=O)C(C)C)ccc3Cl)ccc21. The van der Waals surface area contributed by atoms with E-state index in [1.165, 1.54) is 0 Å². The Morgan fingerprint density at radius 2 is 1.80 bits per heavy atom. The number of esters is 1. The van der Waals surface area contributed by atoms with Crippen LogP contribution in [0.1, 0.15) is 54.1 Å². The molecule has 0 aliphatic heterocycles. The number of rotatable bonds is 10. The number of ether oxygens (including phenoxy) is 2. The molecule has 0 unspecified atom stereocenters. The lowest BCUT2D eigenvalue weighted by Crippen LogP contribution is -2.27. The first-order chi connectivity index (χ1) is 16.7. The summed E-state index contributed by atoms with van der Waals surface area (Å²) in [6.45, 7) is 8.51. The van der Waals surface area contributed by atoms with Crippen LogP contribution in [-0.4, -0.2) is 35.6 Å². The highest BCUT2D eigenvalue weighted by Crippen LogP contribution is 2.26. The molecule has 0 saturated heterocycles. The van der Waals surface area contributed by atoms with E-state index in [0.29, 0.717) is 35.1 Å². The van der Waals surface area contributed by atoms with Crippen LogP contribution in [-0.2, 0) is 27.5 Å². The van der Waals surface area contributed by atoms with Crippen LogP contribution in [0.25, 0.3) is 10.9 Å². The number of anilines is 1. The first-order valence-corrected chi connectivity index (χ1v) is 11.9. The molecule has 0 aliphatic rings. The fourth-order valence-electron chi connectivity index (χ4n) is 3.49. The van der Waals surface area contributed by atoms with Crippen molar-refractivity contribution in [1.82, 2.24) is 9.88 Å². The second-order valence-corrected chi connectivity index (χ2v) is 8.62. The van der Waals surface area contributed by atoms with Gasteiger partial charge in [0.25, 0.3) is 5.91 Å². The van der Waals surface area contributed by atoms with Gasteiger partial charge in [0.1, 0.15) is 12.4 Å². The van der Waals surface area contributed by atoms with Gasteiger partial charge in [-0.3, -0.25) is 9.59 Å². The Balaban J connectivity index is 1.84. The number of aromatic nitrogens is 1. The first-order valence-electron chi connectivity index (χ1n) is 11.5. The number of nitrogens with zero attached hydrogens (tertiary/aromatic N) is 1. The van der Waals surface area contributed by atoms with Crippen molar-refractivity contribution in [1.29, 1.82) is 0 Å². The smallest absolute Gasteiger partial charge is 0.355 e. The van der Waals surface area contributed by atoms with Crippen LogP contribution in [0, 0.1) is 5.92 Å². The standard InChI is InChI=1S/C26H30ClN3O5/c1-5-34-15-30-22-10-8-19(12-18(22)13-23(30)26(33)35-6-2)29-25(32)20-11-17(7-9-21(20)27)14-28-24(31)16(3)4/h7-13,16H,5-6,14-15H2,1-4H3,(H,28,31)(H,29,32). The highest BCUT2D eigenvalue weighted by molar-refractivity contribution is 6.34. The van der Waals surface area contributed by atoms with E-state index in [1.54, 1.807) is 47.9 Å². The lowest BCUT2D eigenvalue weighted by molar-refractivity contribution is -0.124. The molecule has 2 amide bonds. The third-order valence-electron chi connectivity index (χ3n) is 5.33. The van der Waals surface area contributed by atoms with Crippen LogP contribution >= 0.6 is 11.6 Å². The van der Waals surface area contributed by atoms with Crippen LogP contribution in [0.5, 0.6) is 0 Å². The number of carbonyl (C=O) groups is 3. The summed E-state index contributed by atoms with van der Waals surface area (Å²) in [6, 6.07) is 12.1. The zero-order valence-electron chi connectivity index (χ0n) is 20.3. The number of hydrogen-bond donors (Lipinski definition) is 2. The first kappa shape index (κ1) is 26.2. The van der Waals surface area contributed by atoms with Crippen LogP contribution in [0.3, 0.4) is 0 Å². The van der Waals surface area contributed by atoms with Gasteiger partial charge in [-0.05, 0) is 55.8 Å². The molecule has 2 N–H and O–H groups in total. The number of benzene rings is 2. The third-order valence-corrected chi connectivity index (χ3v) is 5.66. The summed E-state index contributed by atoms with van der Waals surface area (Å²) in [7, 11) is 0. The van der Waals surface area contributed by atoms with Gasteiger partial charge in [-0.2, -0.15) is 0 Å². The molecule has 0 spiro atoms. The number of carbonyl (C=O) groups excluding carboxylic acids is 3. The summed E-state index contributed by atoms with van der Waals surface area (Å²) in [5.74, 6) is -1.03. The Bertz CT molecular complexity index is 1240. The van der Waals surface area contributed by atoms with Crippen molar-refractivity contribution < 1.29 is 23.9 Å². The molecule has 3 aromatic rings. The summed E-state index contributed by atoms with van der Waals surface area (Å²) < 4.78 is 12.4. The molecule has 186 valence electrons. The monoisotopic (exact) mass is 499 g/mol. The van der Waals surface area contributed by atoms with Gasteiger partial charge in [-0.25, -0.2) is 4.79 Å². The maximum atomic E-state index is 13.0. The average Bonchev–Trinajstić information content (AvgIpc) is 3.19. The van der Waals surface area contributed by atoms with E-state index < -0.39 is 5.97 Å². The molecule has 0 radical (unpaired) electrons. The van der Waals surface area contributed by atoms with Gasteiger partial charge in [0.05, 0.1) is 22.7 Å². The van der Waals surface area contributed by atoms with Crippen LogP contribution in [0.15, 0.2) is 42.5 Å². The molecule has 1 aromatic heterocycles. The fourth-order valence-corrected chi connectivity index (χ4v) is 3.70. The van der Waals surface area contributed by atoms with E-state index in [-0.39, 0.29) is 31.1 Å². The van der Waals surface area contributed by atoms with Gasteiger partial charge in [0.2, 0.25) is 5.91 Å². The van der Waals surface area contributed by atoms with Crippen LogP contribution in [0.2, 0.25) is 5.02 Å². The zero-order chi connectivity index (χ0) is 25.5. The molecule has 1 heterocycles. The molecule has 3 rings (SSSR count). The van der Waals surface area contributed by atoms with Crippen molar-refractivity contribution in [3.8, 4) is 0 Å². The van der Waals surface area contributed by atoms with Crippen LogP contribution < -0.4 is 10.6 Å². The lowest BCUT2D eigenvalue weighted by atomic mass is 10.1. The minimum absolute atomic E-state index is 0.0716. The summed E-state index contributed by atoms with van der Waals surface area (Å²) in [5, 5.41) is 6.74. The average molecular weight is 500 g/mol. The van der Waals surface area contributed by atoms with Crippen molar-refractivity contribution >= 4 is 46.0 Å². The van der Waals surface area contributed by atoms with Gasteiger partial charge < -0.3 is 24.7 Å². The van der Waals surface area contributed by atoms with Gasteiger partial charge in [0.15, 0.2) is 0 Å². The van der Waals surface area contributed by atoms with E-state index in [9.17, 15) is 14.4 Å². The molecule has 35 heavy (non-hydrogen) atoms. The van der Waals surface area contributed by atoms with E-state index in [0.717, 1.165) is 16.5 Å². The van der Waals surface area contributed by atoms with Crippen molar-refractivity contribution in [3.05, 3.63) is 64.3 Å². The fraction of sp³-hybridized carbons (Fsp3) is 0.346. The molecule has 0 fully saturated rings. The van der Waals surface area contributed by atoms with Crippen LogP contribution in [0.4, 0.5) is 5.69 Å². The maximum Gasteiger partial charge on any atom is 0.355 e.